The minimum absolute atomic E-state index is 0.0279. The summed E-state index contributed by atoms with van der Waals surface area (Å²) in [5.74, 6) is 0.674. The molecule has 1 heterocycles. The van der Waals surface area contributed by atoms with Gasteiger partial charge in [0.2, 0.25) is 0 Å². The first-order valence-corrected chi connectivity index (χ1v) is 7.43. The van der Waals surface area contributed by atoms with Gasteiger partial charge >= 0.3 is 0 Å². The van der Waals surface area contributed by atoms with Crippen molar-refractivity contribution in [1.29, 1.82) is 0 Å². The molecule has 0 aliphatic heterocycles. The highest BCUT2D eigenvalue weighted by atomic mass is 16.5. The summed E-state index contributed by atoms with van der Waals surface area (Å²) in [6.07, 6.45) is 2.55. The first kappa shape index (κ1) is 15.0. The van der Waals surface area contributed by atoms with Gasteiger partial charge in [-0.1, -0.05) is 30.3 Å². The van der Waals surface area contributed by atoms with Crippen molar-refractivity contribution >= 4 is 23.0 Å². The van der Waals surface area contributed by atoms with E-state index in [1.807, 2.05) is 48.5 Å². The Morgan fingerprint density at radius 1 is 1.17 bits per heavy atom. The van der Waals surface area contributed by atoms with Gasteiger partial charge in [-0.05, 0) is 30.7 Å². The highest BCUT2D eigenvalue weighted by Gasteiger charge is 2.12. The fraction of sp³-hybridized carbons (Fsp3) is 0.158. The zero-order valence-corrected chi connectivity index (χ0v) is 12.9. The third-order valence-electron chi connectivity index (χ3n) is 3.75. The molecule has 0 saturated heterocycles. The molecule has 3 rings (SSSR count). The molecule has 116 valence electrons. The number of carbonyl (C=O) groups excluding carboxylic acids is 2. The van der Waals surface area contributed by atoms with Crippen molar-refractivity contribution in [1.82, 2.24) is 4.57 Å². The second-order valence-electron chi connectivity index (χ2n) is 5.37. The van der Waals surface area contributed by atoms with Gasteiger partial charge in [0.05, 0.1) is 6.54 Å². The normalized spacial score (nSPS) is 10.7. The average molecular weight is 307 g/mol. The van der Waals surface area contributed by atoms with Crippen LogP contribution < -0.4 is 4.74 Å². The molecule has 0 fully saturated rings. The molecule has 1 aromatic heterocycles. The summed E-state index contributed by atoms with van der Waals surface area (Å²) < 4.78 is 7.59. The Labute approximate surface area is 134 Å². The van der Waals surface area contributed by atoms with E-state index in [9.17, 15) is 9.59 Å². The number of nitrogens with zero attached hydrogens (tertiary/aromatic N) is 1. The predicted octanol–water partition coefficient (Wildman–Crippen LogP) is 3.62. The molecule has 0 radical (unpaired) electrons. The number of aldehydes is 1. The van der Waals surface area contributed by atoms with Crippen LogP contribution in [0.1, 0.15) is 22.8 Å². The third kappa shape index (κ3) is 3.16. The Morgan fingerprint density at radius 3 is 2.65 bits per heavy atom. The summed E-state index contributed by atoms with van der Waals surface area (Å²) in [6.45, 7) is 2.22. The van der Waals surface area contributed by atoms with E-state index in [0.29, 0.717) is 17.9 Å². The first-order chi connectivity index (χ1) is 11.2. The van der Waals surface area contributed by atoms with E-state index in [4.69, 9.17) is 4.74 Å². The van der Waals surface area contributed by atoms with Gasteiger partial charge in [0, 0.05) is 22.7 Å². The van der Waals surface area contributed by atoms with Crippen LogP contribution in [-0.4, -0.2) is 16.6 Å². The summed E-state index contributed by atoms with van der Waals surface area (Å²) in [6, 6.07) is 15.5. The number of hydrogen-bond donors (Lipinski definition) is 0. The van der Waals surface area contributed by atoms with Gasteiger partial charge in [0.1, 0.15) is 18.6 Å². The van der Waals surface area contributed by atoms with Crippen LogP contribution in [0.3, 0.4) is 0 Å². The number of ketones is 1. The van der Waals surface area contributed by atoms with Crippen molar-refractivity contribution in [3.05, 3.63) is 65.9 Å². The summed E-state index contributed by atoms with van der Waals surface area (Å²) in [5, 5.41) is 0.810. The fourth-order valence-electron chi connectivity index (χ4n) is 2.62. The average Bonchev–Trinajstić information content (AvgIpc) is 2.93. The van der Waals surface area contributed by atoms with E-state index in [-0.39, 0.29) is 12.3 Å². The zero-order chi connectivity index (χ0) is 16.2. The molecular formula is C19H17NO3. The van der Waals surface area contributed by atoms with E-state index in [1.165, 1.54) is 6.92 Å². The number of Topliss-reactive ketones (excluding diaryl/α,β-unsaturated/α-hetero) is 1. The molecule has 4 heteroatoms. The van der Waals surface area contributed by atoms with Crippen molar-refractivity contribution in [2.24, 2.45) is 0 Å². The Kier molecular flexibility index (Phi) is 4.24. The van der Waals surface area contributed by atoms with Crippen molar-refractivity contribution < 1.29 is 14.3 Å². The molecule has 4 nitrogen and oxygen atoms in total. The molecule has 0 atom stereocenters. The molecule has 0 N–H and O–H groups in total. The van der Waals surface area contributed by atoms with E-state index >= 15 is 0 Å². The third-order valence-corrected chi connectivity index (χ3v) is 3.75. The van der Waals surface area contributed by atoms with Crippen molar-refractivity contribution in [3.63, 3.8) is 0 Å². The van der Waals surface area contributed by atoms with E-state index in [2.05, 4.69) is 0 Å². The Hall–Kier alpha value is -2.88. The molecule has 0 saturated carbocycles. The molecule has 0 unspecified atom stereocenters. The summed E-state index contributed by atoms with van der Waals surface area (Å²) in [5.41, 5.74) is 2.54. The molecular weight excluding hydrogens is 290 g/mol. The van der Waals surface area contributed by atoms with Crippen LogP contribution in [0.15, 0.2) is 54.7 Å². The van der Waals surface area contributed by atoms with Gasteiger partial charge in [-0.15, -0.1) is 0 Å². The number of hydrogen-bond acceptors (Lipinski definition) is 3. The zero-order valence-electron chi connectivity index (χ0n) is 12.9. The molecule has 0 spiro atoms. The Balaban J connectivity index is 1.92. The molecule has 0 bridgehead atoms. The lowest BCUT2D eigenvalue weighted by Gasteiger charge is -2.07. The summed E-state index contributed by atoms with van der Waals surface area (Å²) in [7, 11) is 0. The summed E-state index contributed by atoms with van der Waals surface area (Å²) in [4.78, 5) is 22.6. The molecule has 0 amide bonds. The standard InChI is InChI=1S/C19H17NO3/c1-14(22)18-12-20(9-10-21)19-8-7-16(11-17(18)19)23-13-15-5-3-2-4-6-15/h2-8,10-12H,9,13H2,1H3. The quantitative estimate of drug-likeness (QED) is 0.516. The minimum Gasteiger partial charge on any atom is -0.489 e. The predicted molar refractivity (Wildman–Crippen MR) is 88.8 cm³/mol. The number of benzene rings is 2. The number of aromatic nitrogens is 1. The van der Waals surface area contributed by atoms with Gasteiger partial charge < -0.3 is 14.1 Å². The lowest BCUT2D eigenvalue weighted by atomic mass is 10.1. The largest absolute Gasteiger partial charge is 0.489 e. The first-order valence-electron chi connectivity index (χ1n) is 7.43. The van der Waals surface area contributed by atoms with E-state index in [0.717, 1.165) is 22.8 Å². The van der Waals surface area contributed by atoms with Crippen LogP contribution in [0.2, 0.25) is 0 Å². The highest BCUT2D eigenvalue weighted by molar-refractivity contribution is 6.07. The summed E-state index contributed by atoms with van der Waals surface area (Å²) >= 11 is 0. The second kappa shape index (κ2) is 6.48. The van der Waals surface area contributed by atoms with Crippen LogP contribution in [0.4, 0.5) is 0 Å². The topological polar surface area (TPSA) is 48.3 Å². The van der Waals surface area contributed by atoms with Gasteiger partial charge in [0.25, 0.3) is 0 Å². The Morgan fingerprint density at radius 2 is 1.96 bits per heavy atom. The maximum atomic E-state index is 11.8. The van der Waals surface area contributed by atoms with Gasteiger partial charge in [-0.2, -0.15) is 0 Å². The van der Waals surface area contributed by atoms with Gasteiger partial charge in [0.15, 0.2) is 5.78 Å². The number of carbonyl (C=O) groups is 2. The smallest absolute Gasteiger partial charge is 0.161 e. The minimum atomic E-state index is -0.0279. The molecule has 2 aromatic carbocycles. The SMILES string of the molecule is CC(=O)c1cn(CC=O)c2ccc(OCc3ccccc3)cc12. The van der Waals surface area contributed by atoms with Crippen molar-refractivity contribution in [2.75, 3.05) is 0 Å². The lowest BCUT2D eigenvalue weighted by Crippen LogP contribution is -1.97. The number of fused-ring (bicyclic) bond motifs is 1. The van der Waals surface area contributed by atoms with Crippen molar-refractivity contribution in [2.45, 2.75) is 20.1 Å². The monoisotopic (exact) mass is 307 g/mol. The Bertz CT molecular complexity index is 850. The molecule has 23 heavy (non-hydrogen) atoms. The maximum Gasteiger partial charge on any atom is 0.161 e. The fourth-order valence-corrected chi connectivity index (χ4v) is 2.62. The highest BCUT2D eigenvalue weighted by Crippen LogP contribution is 2.27. The number of rotatable bonds is 6. The number of ether oxygens (including phenoxy) is 1. The van der Waals surface area contributed by atoms with Gasteiger partial charge in [-0.3, -0.25) is 4.79 Å². The van der Waals surface area contributed by atoms with E-state index < -0.39 is 0 Å². The van der Waals surface area contributed by atoms with Crippen LogP contribution in [0, 0.1) is 0 Å². The van der Waals surface area contributed by atoms with Crippen LogP contribution in [-0.2, 0) is 17.9 Å². The lowest BCUT2D eigenvalue weighted by molar-refractivity contribution is -0.108. The molecule has 0 aliphatic carbocycles. The van der Waals surface area contributed by atoms with Crippen molar-refractivity contribution in [3.8, 4) is 5.75 Å². The van der Waals surface area contributed by atoms with Crippen LogP contribution >= 0.6 is 0 Å². The molecule has 0 aliphatic rings. The van der Waals surface area contributed by atoms with Gasteiger partial charge in [-0.25, -0.2) is 0 Å². The van der Waals surface area contributed by atoms with E-state index in [1.54, 1.807) is 10.8 Å². The molecule has 3 aromatic rings. The maximum absolute atomic E-state index is 11.8. The second-order valence-corrected chi connectivity index (χ2v) is 5.37. The van der Waals surface area contributed by atoms with Crippen LogP contribution in [0.25, 0.3) is 10.9 Å². The van der Waals surface area contributed by atoms with Crippen LogP contribution in [0.5, 0.6) is 5.75 Å².